The predicted octanol–water partition coefficient (Wildman–Crippen LogP) is 6.83. The fraction of sp³-hybridized carbons (Fsp3) is 0.129. The number of ketones is 1. The summed E-state index contributed by atoms with van der Waals surface area (Å²) >= 11 is 2.46. The molecule has 212 valence electrons. The molecule has 0 aliphatic carbocycles. The Balaban J connectivity index is 1.64. The standard InChI is InChI=1S/C31H26N4O5S2/c1-37-19-11-5-3-9-17(19)23(28-25(34-30(32)41-28)21-13-7-15-39-21)27(36)24(18-10-4-6-12-20(18)38-2)29-26(35-31(33)42-29)22-14-8-16-40-22/h3-16,23-24H,1-2H3,(H2,32,34)(H2,33,35). The Kier molecular flexibility index (Phi) is 7.51. The van der Waals surface area contributed by atoms with E-state index in [4.69, 9.17) is 29.8 Å². The summed E-state index contributed by atoms with van der Waals surface area (Å²) in [4.78, 5) is 25.7. The molecule has 42 heavy (non-hydrogen) atoms. The first-order chi connectivity index (χ1) is 20.5. The monoisotopic (exact) mass is 598 g/mol. The Hall–Kier alpha value is -4.87. The third-order valence-electron chi connectivity index (χ3n) is 6.84. The molecule has 0 amide bonds. The van der Waals surface area contributed by atoms with Gasteiger partial charge in [0.25, 0.3) is 0 Å². The fourth-order valence-electron chi connectivity index (χ4n) is 5.09. The number of rotatable bonds is 10. The molecule has 0 spiro atoms. The van der Waals surface area contributed by atoms with Crippen LogP contribution in [0.5, 0.6) is 11.5 Å². The number of hydrogen-bond acceptors (Lipinski definition) is 11. The molecule has 4 heterocycles. The zero-order valence-corrected chi connectivity index (χ0v) is 24.3. The van der Waals surface area contributed by atoms with Crippen molar-refractivity contribution in [1.29, 1.82) is 0 Å². The molecule has 9 nitrogen and oxygen atoms in total. The molecule has 6 aromatic rings. The number of nitrogens with two attached hydrogens (primary N) is 2. The van der Waals surface area contributed by atoms with Crippen LogP contribution < -0.4 is 20.9 Å². The smallest absolute Gasteiger partial charge is 0.180 e. The molecule has 4 N–H and O–H groups in total. The summed E-state index contributed by atoms with van der Waals surface area (Å²) in [6, 6.07) is 21.9. The van der Waals surface area contributed by atoms with E-state index in [2.05, 4.69) is 9.97 Å². The number of carbonyl (C=O) groups is 1. The molecule has 2 atom stereocenters. The van der Waals surface area contributed by atoms with E-state index in [1.54, 1.807) is 51.0 Å². The summed E-state index contributed by atoms with van der Waals surface area (Å²) < 4.78 is 23.0. The van der Waals surface area contributed by atoms with E-state index in [1.165, 1.54) is 22.7 Å². The SMILES string of the molecule is COc1ccccc1C(C(=O)C(c1ccccc1OC)c1sc(N)nc1-c1ccco1)c1sc(N)nc1-c1ccco1. The van der Waals surface area contributed by atoms with Crippen molar-refractivity contribution in [2.24, 2.45) is 0 Å². The first-order valence-electron chi connectivity index (χ1n) is 12.9. The molecule has 2 aromatic carbocycles. The van der Waals surface area contributed by atoms with Crippen LogP contribution in [-0.2, 0) is 4.79 Å². The number of Topliss-reactive ketones (excluding diaryl/α,β-unsaturated/α-hetero) is 1. The first-order valence-corrected chi connectivity index (χ1v) is 14.5. The quantitative estimate of drug-likeness (QED) is 0.173. The van der Waals surface area contributed by atoms with Crippen molar-refractivity contribution in [3.05, 3.63) is 106 Å². The normalized spacial score (nSPS) is 12.6. The van der Waals surface area contributed by atoms with E-state index in [9.17, 15) is 0 Å². The molecule has 0 saturated carbocycles. The number of nitrogens with zero attached hydrogens (tertiary/aromatic N) is 2. The summed E-state index contributed by atoms with van der Waals surface area (Å²) in [6.45, 7) is 0. The lowest BCUT2D eigenvalue weighted by molar-refractivity contribution is -0.120. The van der Waals surface area contributed by atoms with Gasteiger partial charge >= 0.3 is 0 Å². The molecule has 0 radical (unpaired) electrons. The van der Waals surface area contributed by atoms with Crippen molar-refractivity contribution in [3.8, 4) is 34.4 Å². The molecule has 0 fully saturated rings. The molecule has 0 bridgehead atoms. The highest BCUT2D eigenvalue weighted by Crippen LogP contribution is 2.49. The predicted molar refractivity (Wildman–Crippen MR) is 163 cm³/mol. The molecule has 0 aliphatic rings. The number of para-hydroxylation sites is 2. The second-order valence-electron chi connectivity index (χ2n) is 9.24. The van der Waals surface area contributed by atoms with E-state index in [0.29, 0.717) is 65.6 Å². The van der Waals surface area contributed by atoms with Crippen LogP contribution in [0.4, 0.5) is 10.3 Å². The van der Waals surface area contributed by atoms with Crippen molar-refractivity contribution < 1.29 is 23.1 Å². The van der Waals surface area contributed by atoms with Crippen molar-refractivity contribution in [2.75, 3.05) is 25.7 Å². The van der Waals surface area contributed by atoms with Gasteiger partial charge in [-0.2, -0.15) is 0 Å². The molecule has 11 heteroatoms. The van der Waals surface area contributed by atoms with Gasteiger partial charge in [-0.1, -0.05) is 36.4 Å². The van der Waals surface area contributed by atoms with Crippen LogP contribution in [0.25, 0.3) is 22.9 Å². The summed E-state index contributed by atoms with van der Waals surface area (Å²) in [5.74, 6) is 0.175. The van der Waals surface area contributed by atoms with Gasteiger partial charge in [-0.05, 0) is 36.4 Å². The number of ether oxygens (including phenoxy) is 2. The van der Waals surface area contributed by atoms with Gasteiger partial charge in [-0.15, -0.1) is 22.7 Å². The lowest BCUT2D eigenvalue weighted by Gasteiger charge is -2.25. The van der Waals surface area contributed by atoms with E-state index < -0.39 is 11.8 Å². The summed E-state index contributed by atoms with van der Waals surface area (Å²) in [5.41, 5.74) is 14.8. The van der Waals surface area contributed by atoms with Gasteiger partial charge in [0, 0.05) is 11.1 Å². The maximum atomic E-state index is 15.3. The number of anilines is 2. The minimum Gasteiger partial charge on any atom is -0.496 e. The van der Waals surface area contributed by atoms with Gasteiger partial charge < -0.3 is 29.8 Å². The molecular formula is C31H26N4O5S2. The molecule has 0 aliphatic heterocycles. The third-order valence-corrected chi connectivity index (χ3v) is 8.74. The first kappa shape index (κ1) is 27.3. The van der Waals surface area contributed by atoms with E-state index >= 15 is 4.79 Å². The largest absolute Gasteiger partial charge is 0.496 e. The highest BCUT2D eigenvalue weighted by molar-refractivity contribution is 7.16. The third kappa shape index (κ3) is 4.93. The summed E-state index contributed by atoms with van der Waals surface area (Å²) in [7, 11) is 3.15. The second-order valence-corrected chi connectivity index (χ2v) is 11.4. The lowest BCUT2D eigenvalue weighted by Crippen LogP contribution is -2.23. The van der Waals surface area contributed by atoms with Crippen LogP contribution in [0, 0.1) is 0 Å². The number of furan rings is 2. The Labute approximate surface area is 249 Å². The fourth-order valence-corrected chi connectivity index (χ4v) is 7.03. The summed E-state index contributed by atoms with van der Waals surface area (Å²) in [5, 5.41) is 0.604. The van der Waals surface area contributed by atoms with Gasteiger partial charge in [0.05, 0.1) is 48.3 Å². The number of carbonyl (C=O) groups excluding carboxylic acids is 1. The maximum absolute atomic E-state index is 15.3. The van der Waals surface area contributed by atoms with Gasteiger partial charge in [-0.3, -0.25) is 4.79 Å². The van der Waals surface area contributed by atoms with Crippen molar-refractivity contribution >= 4 is 38.7 Å². The average molecular weight is 599 g/mol. The lowest BCUT2D eigenvalue weighted by atomic mass is 9.80. The molecular weight excluding hydrogens is 572 g/mol. The number of hydrogen-bond donors (Lipinski definition) is 2. The van der Waals surface area contributed by atoms with E-state index in [1.807, 2.05) is 48.5 Å². The second kappa shape index (κ2) is 11.6. The Morgan fingerprint density at radius 2 is 1.12 bits per heavy atom. The van der Waals surface area contributed by atoms with Gasteiger partial charge in [-0.25, -0.2) is 9.97 Å². The zero-order chi connectivity index (χ0) is 29.2. The van der Waals surface area contributed by atoms with E-state index in [-0.39, 0.29) is 5.78 Å². The highest BCUT2D eigenvalue weighted by Gasteiger charge is 2.40. The molecule has 4 aromatic heterocycles. The summed E-state index contributed by atoms with van der Waals surface area (Å²) in [6.07, 6.45) is 3.11. The van der Waals surface area contributed by atoms with Crippen molar-refractivity contribution in [3.63, 3.8) is 0 Å². The van der Waals surface area contributed by atoms with Crippen LogP contribution in [0.2, 0.25) is 0 Å². The zero-order valence-electron chi connectivity index (χ0n) is 22.6. The average Bonchev–Trinajstić information content (AvgIpc) is 3.82. The minimum atomic E-state index is -0.862. The number of aromatic nitrogens is 2. The van der Waals surface area contributed by atoms with Crippen LogP contribution in [0.1, 0.15) is 32.7 Å². The minimum absolute atomic E-state index is 0.183. The van der Waals surface area contributed by atoms with Gasteiger partial charge in [0.15, 0.2) is 27.6 Å². The maximum Gasteiger partial charge on any atom is 0.180 e. The number of thiazole rings is 2. The van der Waals surface area contributed by atoms with Crippen LogP contribution in [0.15, 0.2) is 94.2 Å². The van der Waals surface area contributed by atoms with Crippen LogP contribution in [-0.4, -0.2) is 30.0 Å². The highest BCUT2D eigenvalue weighted by atomic mass is 32.1. The van der Waals surface area contributed by atoms with Gasteiger partial charge in [0.1, 0.15) is 22.9 Å². The van der Waals surface area contributed by atoms with Crippen molar-refractivity contribution in [1.82, 2.24) is 9.97 Å². The molecule has 2 unspecified atom stereocenters. The topological polar surface area (TPSA) is 140 Å². The number of benzene rings is 2. The van der Waals surface area contributed by atoms with Crippen LogP contribution in [0.3, 0.4) is 0 Å². The number of nitrogen functional groups attached to an aromatic ring is 2. The van der Waals surface area contributed by atoms with Crippen molar-refractivity contribution in [2.45, 2.75) is 11.8 Å². The van der Waals surface area contributed by atoms with Gasteiger partial charge in [0.2, 0.25) is 0 Å². The van der Waals surface area contributed by atoms with E-state index in [0.717, 1.165) is 0 Å². The Morgan fingerprint density at radius 3 is 1.50 bits per heavy atom. The van der Waals surface area contributed by atoms with Crippen LogP contribution >= 0.6 is 22.7 Å². The number of methoxy groups -OCH3 is 2. The molecule has 6 rings (SSSR count). The molecule has 0 saturated heterocycles. The Morgan fingerprint density at radius 1 is 0.690 bits per heavy atom. The Bertz CT molecular complexity index is 1690.